The van der Waals surface area contributed by atoms with Gasteiger partial charge in [0.15, 0.2) is 11.5 Å². The second kappa shape index (κ2) is 10.9. The number of nitrogens with zero attached hydrogens (tertiary/aromatic N) is 1. The first-order valence-electron chi connectivity index (χ1n) is 14.2. The Kier molecular flexibility index (Phi) is 7.73. The average Bonchev–Trinajstić information content (AvgIpc) is 3.63. The standard InChI is InChI=1S/C33H42N2O5/c1-8-25-26-13-15-35(19-21-16-28(38-5)30(40-7)29(17-21)39-6)32(3,20-33(25,26)9-2)31(36)23-12-14-34-27-11-10-22(37-4)18-24(23)27/h9-12,14,16-18,25-26,31,36H,2,8,13,15,19-20H2,1,3-7H3/p+1/t25?,26?,31-,32+,33?/m1/s1. The number of pyridine rings is 1. The van der Waals surface area contributed by atoms with Crippen molar-refractivity contribution in [3.63, 3.8) is 0 Å². The third kappa shape index (κ3) is 4.49. The van der Waals surface area contributed by atoms with E-state index in [0.717, 1.165) is 53.6 Å². The molecule has 1 aliphatic heterocycles. The number of quaternary nitrogens is 1. The minimum Gasteiger partial charge on any atom is -0.497 e. The van der Waals surface area contributed by atoms with Crippen molar-refractivity contribution >= 4 is 10.9 Å². The first kappa shape index (κ1) is 28.2. The molecular weight excluding hydrogens is 504 g/mol. The summed E-state index contributed by atoms with van der Waals surface area (Å²) < 4.78 is 22.4. The topological polar surface area (TPSA) is 74.5 Å². The summed E-state index contributed by atoms with van der Waals surface area (Å²) in [5, 5.41) is 13.4. The van der Waals surface area contributed by atoms with E-state index in [1.165, 1.54) is 4.90 Å². The molecule has 2 aliphatic rings. The number of nitrogens with one attached hydrogen (secondary N) is 1. The maximum Gasteiger partial charge on any atom is 0.203 e. The first-order chi connectivity index (χ1) is 19.3. The Morgan fingerprint density at radius 1 is 1.07 bits per heavy atom. The van der Waals surface area contributed by atoms with Crippen LogP contribution < -0.4 is 23.8 Å². The lowest BCUT2D eigenvalue weighted by Crippen LogP contribution is -3.19. The van der Waals surface area contributed by atoms with E-state index < -0.39 is 11.6 Å². The van der Waals surface area contributed by atoms with E-state index in [9.17, 15) is 5.11 Å². The van der Waals surface area contributed by atoms with Crippen LogP contribution in [0.25, 0.3) is 10.9 Å². The van der Waals surface area contributed by atoms with Gasteiger partial charge in [-0.3, -0.25) is 4.98 Å². The smallest absolute Gasteiger partial charge is 0.203 e. The molecule has 40 heavy (non-hydrogen) atoms. The third-order valence-electron chi connectivity index (χ3n) is 9.84. The van der Waals surface area contributed by atoms with Gasteiger partial charge in [-0.15, -0.1) is 6.58 Å². The number of aliphatic hydroxyl groups is 1. The highest BCUT2D eigenvalue weighted by Crippen LogP contribution is 2.67. The van der Waals surface area contributed by atoms with Crippen LogP contribution in [0.4, 0.5) is 0 Å². The molecule has 7 heteroatoms. The fourth-order valence-corrected chi connectivity index (χ4v) is 7.70. The zero-order valence-electron chi connectivity index (χ0n) is 24.6. The summed E-state index contributed by atoms with van der Waals surface area (Å²) >= 11 is 0. The lowest BCUT2D eigenvalue weighted by molar-refractivity contribution is -0.969. The molecule has 4 unspecified atom stereocenters. The normalized spacial score (nSPS) is 28.2. The molecule has 0 bridgehead atoms. The predicted octanol–water partition coefficient (Wildman–Crippen LogP) is 4.77. The monoisotopic (exact) mass is 547 g/mol. The Bertz CT molecular complexity index is 1370. The van der Waals surface area contributed by atoms with Gasteiger partial charge in [0.2, 0.25) is 5.75 Å². The van der Waals surface area contributed by atoms with Crippen LogP contribution in [0, 0.1) is 17.3 Å². The molecule has 1 saturated carbocycles. The van der Waals surface area contributed by atoms with Crippen LogP contribution in [-0.2, 0) is 6.54 Å². The van der Waals surface area contributed by atoms with Gasteiger partial charge in [0.25, 0.3) is 0 Å². The largest absolute Gasteiger partial charge is 0.497 e. The van der Waals surface area contributed by atoms with Crippen LogP contribution in [0.1, 0.15) is 50.3 Å². The van der Waals surface area contributed by atoms with Gasteiger partial charge in [-0.25, -0.2) is 0 Å². The summed E-state index contributed by atoms with van der Waals surface area (Å²) in [6, 6.07) is 11.9. The van der Waals surface area contributed by atoms with Gasteiger partial charge in [0.05, 0.1) is 40.5 Å². The van der Waals surface area contributed by atoms with Crippen LogP contribution in [-0.4, -0.2) is 50.6 Å². The number of hydrogen-bond acceptors (Lipinski definition) is 6. The third-order valence-corrected chi connectivity index (χ3v) is 9.84. The van der Waals surface area contributed by atoms with E-state index in [1.54, 1.807) is 34.6 Å². The number of rotatable bonds is 10. The molecule has 1 aliphatic carbocycles. The zero-order chi connectivity index (χ0) is 28.7. The average molecular weight is 548 g/mol. The Morgan fingerprint density at radius 2 is 1.80 bits per heavy atom. The molecular formula is C33H43N2O5+. The van der Waals surface area contributed by atoms with Crippen LogP contribution in [0.15, 0.2) is 55.3 Å². The van der Waals surface area contributed by atoms with Crippen molar-refractivity contribution in [1.82, 2.24) is 4.98 Å². The molecule has 2 aromatic carbocycles. The minimum atomic E-state index is -0.740. The van der Waals surface area contributed by atoms with E-state index in [-0.39, 0.29) is 5.41 Å². The van der Waals surface area contributed by atoms with Gasteiger partial charge < -0.3 is 29.0 Å². The van der Waals surface area contributed by atoms with Gasteiger partial charge in [-0.2, -0.15) is 0 Å². The number of aliphatic hydroxyl groups excluding tert-OH is 1. The number of aromatic nitrogens is 1. The highest BCUT2D eigenvalue weighted by Gasteiger charge is 2.67. The summed E-state index contributed by atoms with van der Waals surface area (Å²) in [4.78, 5) is 5.90. The molecule has 2 heterocycles. The van der Waals surface area contributed by atoms with Crippen molar-refractivity contribution < 1.29 is 29.0 Å². The molecule has 2 fully saturated rings. The molecule has 7 nitrogen and oxygen atoms in total. The summed E-state index contributed by atoms with van der Waals surface area (Å²) in [6.45, 7) is 10.5. The number of likely N-dealkylation sites (tertiary alicyclic amines) is 1. The SMILES string of the molecule is C=CC12C[C@@](C)([C@H](O)c3ccnc4ccc(OC)cc34)[NH+](Cc3cc(OC)c(OC)c(OC)c3)CCC1C2CC. The highest BCUT2D eigenvalue weighted by atomic mass is 16.5. The Morgan fingerprint density at radius 3 is 2.40 bits per heavy atom. The van der Waals surface area contributed by atoms with Crippen LogP contribution in [0.2, 0.25) is 0 Å². The predicted molar refractivity (Wildman–Crippen MR) is 156 cm³/mol. The molecule has 0 amide bonds. The Balaban J connectivity index is 1.61. The molecule has 214 valence electrons. The van der Waals surface area contributed by atoms with E-state index in [0.29, 0.717) is 35.6 Å². The number of allylic oxidation sites excluding steroid dienone is 1. The van der Waals surface area contributed by atoms with E-state index >= 15 is 0 Å². The number of methoxy groups -OCH3 is 4. The quantitative estimate of drug-likeness (QED) is 0.357. The van der Waals surface area contributed by atoms with E-state index in [4.69, 9.17) is 18.9 Å². The lowest BCUT2D eigenvalue weighted by atomic mass is 9.77. The minimum absolute atomic E-state index is 0.0298. The fraction of sp³-hybridized carbons (Fsp3) is 0.485. The van der Waals surface area contributed by atoms with Gasteiger partial charge in [0, 0.05) is 35.4 Å². The number of benzene rings is 2. The highest BCUT2D eigenvalue weighted by molar-refractivity contribution is 5.84. The molecule has 1 saturated heterocycles. The van der Waals surface area contributed by atoms with E-state index in [2.05, 4.69) is 31.5 Å². The first-order valence-corrected chi connectivity index (χ1v) is 14.2. The fourth-order valence-electron chi connectivity index (χ4n) is 7.70. The van der Waals surface area contributed by atoms with Gasteiger partial charge in [-0.05, 0) is 60.7 Å². The maximum atomic E-state index is 12.4. The molecule has 5 rings (SSSR count). The number of ether oxygens (including phenoxy) is 4. The van der Waals surface area contributed by atoms with Crippen molar-refractivity contribution in [3.05, 3.63) is 66.4 Å². The van der Waals surface area contributed by atoms with Crippen molar-refractivity contribution in [3.8, 4) is 23.0 Å². The van der Waals surface area contributed by atoms with E-state index in [1.807, 2.05) is 36.4 Å². The molecule has 0 spiro atoms. The zero-order valence-corrected chi connectivity index (χ0v) is 24.6. The summed E-state index contributed by atoms with van der Waals surface area (Å²) in [7, 11) is 6.56. The Labute approximate surface area is 237 Å². The van der Waals surface area contributed by atoms with Crippen molar-refractivity contribution in [1.29, 1.82) is 0 Å². The van der Waals surface area contributed by atoms with Gasteiger partial charge >= 0.3 is 0 Å². The number of fused-ring (bicyclic) bond motifs is 2. The van der Waals surface area contributed by atoms with Crippen LogP contribution >= 0.6 is 0 Å². The lowest BCUT2D eigenvalue weighted by Gasteiger charge is -2.43. The van der Waals surface area contributed by atoms with Gasteiger partial charge in [0.1, 0.15) is 23.9 Å². The molecule has 2 N–H and O–H groups in total. The number of hydrogen-bond donors (Lipinski definition) is 2. The van der Waals surface area contributed by atoms with Crippen molar-refractivity contribution in [2.45, 2.75) is 51.3 Å². The Hall–Kier alpha value is -3.29. The molecule has 3 aromatic rings. The summed E-state index contributed by atoms with van der Waals surface area (Å²) in [6.07, 6.45) is 6.31. The molecule has 6 atom stereocenters. The van der Waals surface area contributed by atoms with Crippen LogP contribution in [0.5, 0.6) is 23.0 Å². The summed E-state index contributed by atoms with van der Waals surface area (Å²) in [5.41, 5.74) is 2.31. The van der Waals surface area contributed by atoms with Crippen molar-refractivity contribution in [2.75, 3.05) is 35.0 Å². The second-order valence-electron chi connectivity index (χ2n) is 11.6. The molecule has 1 aromatic heterocycles. The molecule has 0 radical (unpaired) electrons. The van der Waals surface area contributed by atoms with Crippen LogP contribution in [0.3, 0.4) is 0 Å². The maximum absolute atomic E-state index is 12.4. The summed E-state index contributed by atoms with van der Waals surface area (Å²) in [5.74, 6) is 3.80. The second-order valence-corrected chi connectivity index (χ2v) is 11.6. The van der Waals surface area contributed by atoms with Crippen molar-refractivity contribution in [2.24, 2.45) is 17.3 Å². The van der Waals surface area contributed by atoms with Gasteiger partial charge in [-0.1, -0.05) is 19.4 Å².